The van der Waals surface area contributed by atoms with Crippen LogP contribution >= 0.6 is 0 Å². The maximum Gasteiger partial charge on any atom is 0.335 e. The summed E-state index contributed by atoms with van der Waals surface area (Å²) in [5.41, 5.74) is -0.577. The van der Waals surface area contributed by atoms with Crippen molar-refractivity contribution in [2.75, 3.05) is 0 Å². The first-order chi connectivity index (χ1) is 9.45. The van der Waals surface area contributed by atoms with Crippen LogP contribution in [-0.4, -0.2) is 33.7 Å². The topological polar surface area (TPSA) is 125 Å². The quantitative estimate of drug-likeness (QED) is 0.676. The molecule has 2 atom stereocenters. The molecule has 0 radical (unpaired) electrons. The molecule has 20 heavy (non-hydrogen) atoms. The number of hydrogen-bond acceptors (Lipinski definition) is 6. The molecule has 3 N–H and O–H groups in total. The lowest BCUT2D eigenvalue weighted by Gasteiger charge is -2.14. The molecule has 0 fully saturated rings. The summed E-state index contributed by atoms with van der Waals surface area (Å²) in [6.45, 7) is 0. The van der Waals surface area contributed by atoms with Gasteiger partial charge < -0.3 is 19.7 Å². The van der Waals surface area contributed by atoms with E-state index in [0.29, 0.717) is 6.29 Å². The van der Waals surface area contributed by atoms with E-state index in [4.69, 9.17) is 9.52 Å². The molecule has 2 aromatic rings. The number of aliphatic hydroxyl groups excluding tert-OH is 2. The van der Waals surface area contributed by atoms with Gasteiger partial charge in [-0.25, -0.2) is 4.79 Å². The van der Waals surface area contributed by atoms with Gasteiger partial charge in [0.25, 0.3) is 0 Å². The van der Waals surface area contributed by atoms with Gasteiger partial charge >= 0.3 is 5.97 Å². The normalized spacial score (nSPS) is 13.9. The summed E-state index contributed by atoms with van der Waals surface area (Å²) < 4.78 is 5.07. The Hall–Kier alpha value is -2.51. The smallest absolute Gasteiger partial charge is 0.335 e. The van der Waals surface area contributed by atoms with Crippen LogP contribution in [-0.2, 0) is 4.79 Å². The third-order valence-corrected chi connectivity index (χ3v) is 2.84. The predicted molar refractivity (Wildman–Crippen MR) is 66.5 cm³/mol. The van der Waals surface area contributed by atoms with Gasteiger partial charge in [-0.15, -0.1) is 0 Å². The van der Waals surface area contributed by atoms with Gasteiger partial charge in [0.1, 0.15) is 18.0 Å². The second kappa shape index (κ2) is 5.24. The van der Waals surface area contributed by atoms with Gasteiger partial charge in [-0.3, -0.25) is 9.59 Å². The van der Waals surface area contributed by atoms with Gasteiger partial charge in [0.15, 0.2) is 12.4 Å². The van der Waals surface area contributed by atoms with Gasteiger partial charge in [-0.1, -0.05) is 6.07 Å². The third kappa shape index (κ3) is 2.31. The van der Waals surface area contributed by atoms with Gasteiger partial charge in [0.2, 0.25) is 5.43 Å². The van der Waals surface area contributed by atoms with E-state index in [1.54, 1.807) is 0 Å². The fourth-order valence-corrected chi connectivity index (χ4v) is 1.75. The Bertz CT molecular complexity index is 731. The van der Waals surface area contributed by atoms with E-state index in [1.807, 2.05) is 0 Å². The summed E-state index contributed by atoms with van der Waals surface area (Å²) in [6.07, 6.45) is -2.37. The Balaban J connectivity index is 2.58. The van der Waals surface area contributed by atoms with Crippen molar-refractivity contribution in [1.29, 1.82) is 0 Å². The number of benzene rings is 1. The summed E-state index contributed by atoms with van der Waals surface area (Å²) in [5.74, 6) is -1.59. The van der Waals surface area contributed by atoms with E-state index >= 15 is 0 Å². The van der Waals surface area contributed by atoms with Crippen LogP contribution in [0.1, 0.15) is 22.0 Å². The summed E-state index contributed by atoms with van der Waals surface area (Å²) in [6, 6.07) is 3.85. The van der Waals surface area contributed by atoms with Crippen LogP contribution in [0.5, 0.6) is 0 Å². The monoisotopic (exact) mass is 278 g/mol. The number of rotatable bonds is 4. The molecule has 0 bridgehead atoms. The molecule has 1 aromatic carbocycles. The van der Waals surface area contributed by atoms with Crippen molar-refractivity contribution in [1.82, 2.24) is 0 Å². The Labute approximate surface area is 111 Å². The zero-order valence-electron chi connectivity index (χ0n) is 10.0. The molecule has 0 saturated carbocycles. The maximum atomic E-state index is 11.9. The molecule has 0 aliphatic rings. The fraction of sp³-hybridized carbons (Fsp3) is 0.154. The number of aliphatic carboxylic acids is 1. The first kappa shape index (κ1) is 13.9. The zero-order valence-corrected chi connectivity index (χ0v) is 10.0. The van der Waals surface area contributed by atoms with E-state index in [1.165, 1.54) is 18.2 Å². The van der Waals surface area contributed by atoms with Crippen LogP contribution in [0, 0.1) is 0 Å². The van der Waals surface area contributed by atoms with Gasteiger partial charge in [0, 0.05) is 0 Å². The van der Waals surface area contributed by atoms with Crippen molar-refractivity contribution in [3.8, 4) is 0 Å². The van der Waals surface area contributed by atoms with Crippen LogP contribution in [0.3, 0.4) is 0 Å². The van der Waals surface area contributed by atoms with Gasteiger partial charge in [0.05, 0.1) is 10.9 Å². The number of carbonyl (C=O) groups excluding carboxylic acids is 1. The number of carboxylic acid groups (broad SMARTS) is 1. The van der Waals surface area contributed by atoms with Crippen LogP contribution in [0.25, 0.3) is 11.0 Å². The third-order valence-electron chi connectivity index (χ3n) is 2.84. The standard InChI is InChI=1S/C13H10O7/c14-4-7-5-20-9-2-1-6(3-8(9)10(7)15)11(16)12(17)13(18)19/h1-5,11-12,16-17H,(H,18,19). The van der Waals surface area contributed by atoms with Gasteiger partial charge in [-0.2, -0.15) is 0 Å². The molecule has 1 heterocycles. The molecule has 2 rings (SSSR count). The second-order valence-corrected chi connectivity index (χ2v) is 4.12. The van der Waals surface area contributed by atoms with E-state index < -0.39 is 23.6 Å². The number of carbonyl (C=O) groups is 2. The molecule has 7 nitrogen and oxygen atoms in total. The van der Waals surface area contributed by atoms with Crippen LogP contribution in [0.15, 0.2) is 33.7 Å². The SMILES string of the molecule is O=Cc1coc2ccc(C(O)C(O)C(=O)O)cc2c1=O. The summed E-state index contributed by atoms with van der Waals surface area (Å²) in [4.78, 5) is 33.2. The van der Waals surface area contributed by atoms with Crippen molar-refractivity contribution in [3.05, 3.63) is 45.8 Å². The number of carboxylic acids is 1. The lowest BCUT2D eigenvalue weighted by Crippen LogP contribution is -2.27. The number of aliphatic hydroxyl groups is 2. The number of aldehydes is 1. The Kier molecular flexibility index (Phi) is 3.64. The van der Waals surface area contributed by atoms with Crippen molar-refractivity contribution in [3.63, 3.8) is 0 Å². The molecule has 0 spiro atoms. The van der Waals surface area contributed by atoms with Crippen LogP contribution < -0.4 is 5.43 Å². The largest absolute Gasteiger partial charge is 0.479 e. The van der Waals surface area contributed by atoms with Crippen molar-refractivity contribution >= 4 is 23.2 Å². The molecular formula is C13H10O7. The lowest BCUT2D eigenvalue weighted by molar-refractivity contribution is -0.153. The Morgan fingerprint density at radius 3 is 2.60 bits per heavy atom. The minimum atomic E-state index is -2.02. The van der Waals surface area contributed by atoms with E-state index in [2.05, 4.69) is 0 Å². The van der Waals surface area contributed by atoms with Gasteiger partial charge in [-0.05, 0) is 17.7 Å². The Morgan fingerprint density at radius 1 is 1.30 bits per heavy atom. The Morgan fingerprint density at radius 2 is 2.00 bits per heavy atom. The molecular weight excluding hydrogens is 268 g/mol. The lowest BCUT2D eigenvalue weighted by atomic mass is 10.0. The molecule has 0 amide bonds. The minimum Gasteiger partial charge on any atom is -0.479 e. The first-order valence-electron chi connectivity index (χ1n) is 5.55. The fourth-order valence-electron chi connectivity index (χ4n) is 1.75. The second-order valence-electron chi connectivity index (χ2n) is 4.12. The average molecular weight is 278 g/mol. The highest BCUT2D eigenvalue weighted by molar-refractivity contribution is 5.84. The predicted octanol–water partition coefficient (Wildman–Crippen LogP) is 0.0844. The summed E-state index contributed by atoms with van der Waals surface area (Å²) in [7, 11) is 0. The van der Waals surface area contributed by atoms with E-state index in [0.717, 1.165) is 6.26 Å². The minimum absolute atomic E-state index is 0.0174. The van der Waals surface area contributed by atoms with Crippen molar-refractivity contribution in [2.24, 2.45) is 0 Å². The molecule has 7 heteroatoms. The molecule has 104 valence electrons. The first-order valence-corrected chi connectivity index (χ1v) is 5.55. The highest BCUT2D eigenvalue weighted by atomic mass is 16.4. The molecule has 2 unspecified atom stereocenters. The number of hydrogen-bond donors (Lipinski definition) is 3. The van der Waals surface area contributed by atoms with E-state index in [-0.39, 0.29) is 22.1 Å². The molecule has 1 aromatic heterocycles. The summed E-state index contributed by atoms with van der Waals surface area (Å²) >= 11 is 0. The average Bonchev–Trinajstić information content (AvgIpc) is 2.46. The number of fused-ring (bicyclic) bond motifs is 1. The molecule has 0 aliphatic carbocycles. The molecule has 0 aliphatic heterocycles. The van der Waals surface area contributed by atoms with Crippen LogP contribution in [0.4, 0.5) is 0 Å². The highest BCUT2D eigenvalue weighted by Gasteiger charge is 2.25. The highest BCUT2D eigenvalue weighted by Crippen LogP contribution is 2.21. The molecule has 0 saturated heterocycles. The summed E-state index contributed by atoms with van der Waals surface area (Å²) in [5, 5.41) is 27.6. The van der Waals surface area contributed by atoms with E-state index in [9.17, 15) is 24.6 Å². The van der Waals surface area contributed by atoms with Crippen molar-refractivity contribution < 1.29 is 29.3 Å². The maximum absolute atomic E-state index is 11.9. The van der Waals surface area contributed by atoms with Crippen molar-refractivity contribution in [2.45, 2.75) is 12.2 Å². The van der Waals surface area contributed by atoms with Crippen LogP contribution in [0.2, 0.25) is 0 Å². The zero-order chi connectivity index (χ0) is 14.9.